The van der Waals surface area contributed by atoms with Crippen LogP contribution in [0.4, 0.5) is 10.5 Å². The second-order valence-corrected chi connectivity index (χ2v) is 9.95. The summed E-state index contributed by atoms with van der Waals surface area (Å²) in [4.78, 5) is 15.8. The molecule has 0 unspecified atom stereocenters. The Bertz CT molecular complexity index is 1060. The standard InChI is InChI=1S/C24H30BClN2O4/c1-15-12-17(16-8-9-20(19(26)14-16)28-11-10-27(6)22(28)29)21(30-7)18(13-15)25-31-23(2,3)24(4,5)32-25/h8-9,12-14H,10-11H2,1-7H3. The summed E-state index contributed by atoms with van der Waals surface area (Å²) < 4.78 is 18.4. The topological polar surface area (TPSA) is 51.2 Å². The molecule has 2 fully saturated rings. The van der Waals surface area contributed by atoms with Gasteiger partial charge in [-0.3, -0.25) is 4.90 Å². The fourth-order valence-electron chi connectivity index (χ4n) is 4.15. The third-order valence-electron chi connectivity index (χ3n) is 6.74. The van der Waals surface area contributed by atoms with Gasteiger partial charge in [0.05, 0.1) is 29.0 Å². The molecule has 0 atom stereocenters. The van der Waals surface area contributed by atoms with E-state index in [4.69, 9.17) is 25.6 Å². The van der Waals surface area contributed by atoms with Gasteiger partial charge in [-0.05, 0) is 58.4 Å². The number of methoxy groups -OCH3 is 1. The van der Waals surface area contributed by atoms with Crippen molar-refractivity contribution < 1.29 is 18.8 Å². The van der Waals surface area contributed by atoms with Crippen molar-refractivity contribution >= 4 is 35.9 Å². The number of halogens is 1. The van der Waals surface area contributed by atoms with Crippen molar-refractivity contribution in [2.75, 3.05) is 32.1 Å². The predicted molar refractivity (Wildman–Crippen MR) is 129 cm³/mol. The van der Waals surface area contributed by atoms with Crippen LogP contribution in [0.5, 0.6) is 5.75 Å². The summed E-state index contributed by atoms with van der Waals surface area (Å²) in [6, 6.07) is 9.81. The zero-order valence-electron chi connectivity index (χ0n) is 19.8. The highest BCUT2D eigenvalue weighted by Gasteiger charge is 2.52. The number of urea groups is 1. The van der Waals surface area contributed by atoms with Crippen LogP contribution in [0.2, 0.25) is 5.02 Å². The van der Waals surface area contributed by atoms with E-state index in [-0.39, 0.29) is 6.03 Å². The number of aryl methyl sites for hydroxylation is 1. The molecule has 6 nitrogen and oxygen atoms in total. The Kier molecular flexibility index (Phi) is 5.72. The number of benzene rings is 2. The summed E-state index contributed by atoms with van der Waals surface area (Å²) in [7, 11) is 2.90. The minimum absolute atomic E-state index is 0.0455. The van der Waals surface area contributed by atoms with Crippen molar-refractivity contribution in [1.29, 1.82) is 0 Å². The molecule has 170 valence electrons. The van der Waals surface area contributed by atoms with Crippen LogP contribution in [0.15, 0.2) is 30.3 Å². The van der Waals surface area contributed by atoms with E-state index in [0.29, 0.717) is 29.5 Å². The largest absolute Gasteiger partial charge is 0.498 e. The lowest BCUT2D eigenvalue weighted by atomic mass is 9.76. The Balaban J connectivity index is 1.75. The number of hydrogen-bond acceptors (Lipinski definition) is 4. The van der Waals surface area contributed by atoms with Crippen LogP contribution in [0, 0.1) is 6.92 Å². The van der Waals surface area contributed by atoms with Gasteiger partial charge in [0.25, 0.3) is 0 Å². The van der Waals surface area contributed by atoms with E-state index in [2.05, 4.69) is 6.07 Å². The van der Waals surface area contributed by atoms with Crippen LogP contribution >= 0.6 is 11.6 Å². The zero-order valence-corrected chi connectivity index (χ0v) is 20.5. The van der Waals surface area contributed by atoms with Crippen LogP contribution in [-0.2, 0) is 9.31 Å². The summed E-state index contributed by atoms with van der Waals surface area (Å²) in [5.74, 6) is 0.690. The molecule has 2 aliphatic heterocycles. The minimum atomic E-state index is -0.541. The molecule has 0 aliphatic carbocycles. The third kappa shape index (κ3) is 3.76. The molecule has 2 saturated heterocycles. The summed E-state index contributed by atoms with van der Waals surface area (Å²) >= 11 is 6.65. The fourth-order valence-corrected chi connectivity index (χ4v) is 4.44. The molecule has 2 heterocycles. The third-order valence-corrected chi connectivity index (χ3v) is 7.04. The van der Waals surface area contributed by atoms with Crippen LogP contribution in [0.3, 0.4) is 0 Å². The Morgan fingerprint density at radius 3 is 2.25 bits per heavy atom. The van der Waals surface area contributed by atoms with Crippen molar-refractivity contribution in [2.24, 2.45) is 0 Å². The van der Waals surface area contributed by atoms with Gasteiger partial charge in [0.15, 0.2) is 0 Å². The normalized spacial score (nSPS) is 19.8. The van der Waals surface area contributed by atoms with Crippen LogP contribution in [0.25, 0.3) is 11.1 Å². The molecular weight excluding hydrogens is 427 g/mol. The average molecular weight is 457 g/mol. The van der Waals surface area contributed by atoms with Gasteiger partial charge in [0.2, 0.25) is 0 Å². The van der Waals surface area contributed by atoms with Gasteiger partial charge in [-0.25, -0.2) is 4.79 Å². The highest BCUT2D eigenvalue weighted by atomic mass is 35.5. The van der Waals surface area contributed by atoms with E-state index in [1.807, 2.05) is 58.9 Å². The Morgan fingerprint density at radius 1 is 1.06 bits per heavy atom. The van der Waals surface area contributed by atoms with E-state index >= 15 is 0 Å². The number of amides is 2. The SMILES string of the molecule is COc1c(B2OC(C)(C)C(C)(C)O2)cc(C)cc1-c1ccc(N2CCN(C)C2=O)c(Cl)c1. The molecule has 0 N–H and O–H groups in total. The van der Waals surface area contributed by atoms with E-state index < -0.39 is 18.3 Å². The Labute approximate surface area is 195 Å². The maximum atomic E-state index is 12.4. The number of rotatable bonds is 4. The number of anilines is 1. The molecule has 32 heavy (non-hydrogen) atoms. The number of likely N-dealkylation sites (N-methyl/N-ethyl adjacent to an activating group) is 1. The van der Waals surface area contributed by atoms with Gasteiger partial charge < -0.3 is 18.9 Å². The van der Waals surface area contributed by atoms with Gasteiger partial charge in [0, 0.05) is 31.2 Å². The number of ether oxygens (including phenoxy) is 1. The quantitative estimate of drug-likeness (QED) is 0.636. The molecule has 0 radical (unpaired) electrons. The molecule has 2 aliphatic rings. The molecule has 8 heteroatoms. The first kappa shape index (κ1) is 23.0. The summed E-state index contributed by atoms with van der Waals surface area (Å²) in [6.07, 6.45) is 0. The molecule has 0 spiro atoms. The van der Waals surface area contributed by atoms with E-state index in [1.165, 1.54) is 0 Å². The van der Waals surface area contributed by atoms with Crippen molar-refractivity contribution in [2.45, 2.75) is 45.8 Å². The second kappa shape index (κ2) is 7.98. The van der Waals surface area contributed by atoms with E-state index in [9.17, 15) is 4.79 Å². The van der Waals surface area contributed by atoms with E-state index in [1.54, 1.807) is 24.0 Å². The molecule has 0 bridgehead atoms. The van der Waals surface area contributed by atoms with Crippen LogP contribution in [0.1, 0.15) is 33.3 Å². The highest BCUT2D eigenvalue weighted by Crippen LogP contribution is 2.40. The van der Waals surface area contributed by atoms with Gasteiger partial charge >= 0.3 is 13.1 Å². The van der Waals surface area contributed by atoms with Crippen molar-refractivity contribution in [3.8, 4) is 16.9 Å². The van der Waals surface area contributed by atoms with Crippen LogP contribution in [-0.4, -0.2) is 56.5 Å². The van der Waals surface area contributed by atoms with E-state index in [0.717, 1.165) is 22.2 Å². The summed E-state index contributed by atoms with van der Waals surface area (Å²) in [6.45, 7) is 11.5. The molecule has 0 saturated carbocycles. The number of carbonyl (C=O) groups excluding carboxylic acids is 1. The maximum absolute atomic E-state index is 12.4. The zero-order chi connectivity index (χ0) is 23.4. The Morgan fingerprint density at radius 2 is 1.72 bits per heavy atom. The second-order valence-electron chi connectivity index (χ2n) is 9.55. The van der Waals surface area contributed by atoms with Crippen molar-refractivity contribution in [1.82, 2.24) is 4.90 Å². The van der Waals surface area contributed by atoms with Gasteiger partial charge in [-0.1, -0.05) is 29.3 Å². The summed E-state index contributed by atoms with van der Waals surface area (Å²) in [5, 5.41) is 0.520. The number of carbonyl (C=O) groups is 1. The first-order chi connectivity index (χ1) is 14.9. The first-order valence-corrected chi connectivity index (χ1v) is 11.2. The predicted octanol–water partition coefficient (Wildman–Crippen LogP) is 4.50. The van der Waals surface area contributed by atoms with Crippen molar-refractivity contribution in [3.63, 3.8) is 0 Å². The van der Waals surface area contributed by atoms with Gasteiger partial charge in [-0.2, -0.15) is 0 Å². The monoisotopic (exact) mass is 456 g/mol. The number of hydrogen-bond donors (Lipinski definition) is 0. The first-order valence-electron chi connectivity index (χ1n) is 10.8. The maximum Gasteiger partial charge on any atom is 0.498 e. The lowest BCUT2D eigenvalue weighted by molar-refractivity contribution is 0.00578. The molecule has 2 aromatic carbocycles. The fraction of sp³-hybridized carbons (Fsp3) is 0.458. The summed E-state index contributed by atoms with van der Waals surface area (Å²) in [5.41, 5.74) is 3.51. The molecule has 2 amide bonds. The highest BCUT2D eigenvalue weighted by molar-refractivity contribution is 6.63. The molecule has 2 aromatic rings. The smallest absolute Gasteiger partial charge is 0.496 e. The number of nitrogens with zero attached hydrogens (tertiary/aromatic N) is 2. The average Bonchev–Trinajstić information content (AvgIpc) is 3.15. The van der Waals surface area contributed by atoms with Crippen molar-refractivity contribution in [3.05, 3.63) is 40.9 Å². The van der Waals surface area contributed by atoms with Gasteiger partial charge in [-0.15, -0.1) is 0 Å². The molecule has 4 rings (SSSR count). The minimum Gasteiger partial charge on any atom is -0.496 e. The Hall–Kier alpha value is -2.22. The lowest BCUT2D eigenvalue weighted by Crippen LogP contribution is -2.41. The lowest BCUT2D eigenvalue weighted by Gasteiger charge is -2.32. The van der Waals surface area contributed by atoms with Gasteiger partial charge in [0.1, 0.15) is 5.75 Å². The molecular formula is C24H30BClN2O4. The molecule has 0 aromatic heterocycles. The van der Waals surface area contributed by atoms with Crippen LogP contribution < -0.4 is 15.1 Å².